The van der Waals surface area contributed by atoms with Crippen LogP contribution >= 0.6 is 0 Å². The zero-order chi connectivity index (χ0) is 10.6. The molecule has 0 unspecified atom stereocenters. The Morgan fingerprint density at radius 3 is 2.71 bits per heavy atom. The van der Waals surface area contributed by atoms with Crippen molar-refractivity contribution in [3.8, 4) is 0 Å². The minimum atomic E-state index is -3.44. The first-order valence-electron chi connectivity index (χ1n) is 4.07. The minimum Gasteiger partial charge on any atom is -0.326 e. The van der Waals surface area contributed by atoms with Gasteiger partial charge in [-0.15, -0.1) is 0 Å². The summed E-state index contributed by atoms with van der Waals surface area (Å²) in [5.41, 5.74) is 6.80. The van der Waals surface area contributed by atoms with Crippen LogP contribution in [0.5, 0.6) is 0 Å². The lowest BCUT2D eigenvalue weighted by molar-refractivity contribution is 0.593. The lowest BCUT2D eigenvalue weighted by Gasteiger charge is -2.07. The van der Waals surface area contributed by atoms with E-state index in [-0.39, 0.29) is 0 Å². The van der Waals surface area contributed by atoms with Crippen LogP contribution in [0.2, 0.25) is 0 Å². The second-order valence-electron chi connectivity index (χ2n) is 2.71. The third-order valence-electron chi connectivity index (χ3n) is 1.68. The van der Waals surface area contributed by atoms with Crippen LogP contribution in [0, 0.1) is 0 Å². The van der Waals surface area contributed by atoms with E-state index in [0.29, 0.717) is 12.2 Å². The molecule has 1 rings (SSSR count). The number of anilines is 1. The average Bonchev–Trinajstić information content (AvgIpc) is 2.17. The van der Waals surface area contributed by atoms with Gasteiger partial charge in [-0.05, 0) is 17.7 Å². The monoisotopic (exact) mass is 215 g/mol. The summed E-state index contributed by atoms with van der Waals surface area (Å²) in [6.45, 7) is 0.384. The summed E-state index contributed by atoms with van der Waals surface area (Å²) in [5.74, 6) is 0. The van der Waals surface area contributed by atoms with Crippen LogP contribution in [0.25, 0.3) is 0 Å². The smallest absolute Gasteiger partial charge is 0.298 e. The number of nitrogens with two attached hydrogens (primary N) is 1. The highest BCUT2D eigenvalue weighted by Crippen LogP contribution is 2.10. The summed E-state index contributed by atoms with van der Waals surface area (Å²) in [6.07, 6.45) is 0. The van der Waals surface area contributed by atoms with Gasteiger partial charge in [-0.1, -0.05) is 12.1 Å². The van der Waals surface area contributed by atoms with E-state index >= 15 is 0 Å². The Bertz CT molecular complexity index is 403. The molecule has 0 saturated carbocycles. The third-order valence-corrected chi connectivity index (χ3v) is 2.73. The molecule has 0 amide bonds. The van der Waals surface area contributed by atoms with Gasteiger partial charge >= 0.3 is 0 Å². The average molecular weight is 215 g/mol. The van der Waals surface area contributed by atoms with Gasteiger partial charge in [0.2, 0.25) is 0 Å². The summed E-state index contributed by atoms with van der Waals surface area (Å²) in [4.78, 5) is 0. The molecule has 1 aromatic carbocycles. The molecule has 6 heteroatoms. The molecule has 0 aliphatic heterocycles. The normalized spacial score (nSPS) is 11.3. The zero-order valence-corrected chi connectivity index (χ0v) is 8.64. The van der Waals surface area contributed by atoms with E-state index in [1.807, 2.05) is 6.07 Å². The Morgan fingerprint density at radius 1 is 1.43 bits per heavy atom. The summed E-state index contributed by atoms with van der Waals surface area (Å²) < 4.78 is 26.7. The quantitative estimate of drug-likeness (QED) is 0.662. The summed E-state index contributed by atoms with van der Waals surface area (Å²) in [7, 11) is -2.10. The Balaban J connectivity index is 2.87. The van der Waals surface area contributed by atoms with Crippen LogP contribution in [0.1, 0.15) is 5.56 Å². The summed E-state index contributed by atoms with van der Waals surface area (Å²) >= 11 is 0. The maximum atomic E-state index is 11.1. The molecule has 0 saturated heterocycles. The van der Waals surface area contributed by atoms with Crippen molar-refractivity contribution in [2.75, 3.05) is 11.8 Å². The van der Waals surface area contributed by atoms with Crippen LogP contribution in [0.4, 0.5) is 5.69 Å². The van der Waals surface area contributed by atoms with Crippen LogP contribution in [-0.2, 0) is 16.8 Å². The van der Waals surface area contributed by atoms with Crippen molar-refractivity contribution in [1.82, 2.24) is 4.72 Å². The van der Waals surface area contributed by atoms with E-state index < -0.39 is 10.2 Å². The lowest BCUT2D eigenvalue weighted by Crippen LogP contribution is -2.26. The first-order valence-corrected chi connectivity index (χ1v) is 5.56. The highest BCUT2D eigenvalue weighted by molar-refractivity contribution is 7.90. The highest BCUT2D eigenvalue weighted by Gasteiger charge is 2.05. The zero-order valence-electron chi connectivity index (χ0n) is 7.82. The maximum absolute atomic E-state index is 11.1. The molecule has 0 bridgehead atoms. The van der Waals surface area contributed by atoms with Gasteiger partial charge < -0.3 is 5.73 Å². The maximum Gasteiger partial charge on any atom is 0.298 e. The van der Waals surface area contributed by atoms with Crippen LogP contribution in [-0.4, -0.2) is 15.5 Å². The molecule has 0 radical (unpaired) electrons. The number of hydrogen-bond acceptors (Lipinski definition) is 3. The molecule has 78 valence electrons. The van der Waals surface area contributed by atoms with E-state index in [1.54, 1.807) is 18.2 Å². The fourth-order valence-corrected chi connectivity index (χ4v) is 1.51. The van der Waals surface area contributed by atoms with Crippen LogP contribution in [0.3, 0.4) is 0 Å². The van der Waals surface area contributed by atoms with Crippen molar-refractivity contribution in [1.29, 1.82) is 0 Å². The van der Waals surface area contributed by atoms with Gasteiger partial charge in [0.15, 0.2) is 0 Å². The van der Waals surface area contributed by atoms with Gasteiger partial charge in [-0.25, -0.2) is 4.72 Å². The highest BCUT2D eigenvalue weighted by atomic mass is 32.2. The minimum absolute atomic E-state index is 0.384. The first-order chi connectivity index (χ1) is 6.57. The Labute approximate surface area is 83.5 Å². The molecule has 14 heavy (non-hydrogen) atoms. The largest absolute Gasteiger partial charge is 0.326 e. The topological polar surface area (TPSA) is 84.2 Å². The predicted molar refractivity (Wildman–Crippen MR) is 55.9 cm³/mol. The standard InChI is InChI=1S/C8H13N3O2S/c1-10-14(12,13)11-8-4-2-3-7(5-8)6-9/h2-5,10-11H,6,9H2,1H3. The lowest BCUT2D eigenvalue weighted by atomic mass is 10.2. The molecule has 1 aromatic rings. The third kappa shape index (κ3) is 2.99. The molecule has 5 nitrogen and oxygen atoms in total. The van der Waals surface area contributed by atoms with Gasteiger partial charge in [-0.2, -0.15) is 8.42 Å². The molecule has 0 aliphatic rings. The van der Waals surface area contributed by atoms with Gasteiger partial charge in [-0.3, -0.25) is 4.72 Å². The molecule has 0 fully saturated rings. The first kappa shape index (κ1) is 11.0. The van der Waals surface area contributed by atoms with E-state index in [4.69, 9.17) is 5.73 Å². The Kier molecular flexibility index (Phi) is 3.45. The van der Waals surface area contributed by atoms with Crippen LogP contribution in [0.15, 0.2) is 24.3 Å². The van der Waals surface area contributed by atoms with Crippen molar-refractivity contribution < 1.29 is 8.42 Å². The Hall–Kier alpha value is -1.11. The van der Waals surface area contributed by atoms with Crippen LogP contribution < -0.4 is 15.2 Å². The van der Waals surface area contributed by atoms with Crippen molar-refractivity contribution in [3.63, 3.8) is 0 Å². The SMILES string of the molecule is CNS(=O)(=O)Nc1cccc(CN)c1. The molecular weight excluding hydrogens is 202 g/mol. The number of rotatable bonds is 4. The number of benzene rings is 1. The Morgan fingerprint density at radius 2 is 2.14 bits per heavy atom. The number of hydrogen-bond donors (Lipinski definition) is 3. The van der Waals surface area contributed by atoms with E-state index in [2.05, 4.69) is 9.44 Å². The van der Waals surface area contributed by atoms with Crippen molar-refractivity contribution in [2.24, 2.45) is 5.73 Å². The fraction of sp³-hybridized carbons (Fsp3) is 0.250. The number of nitrogens with one attached hydrogen (secondary N) is 2. The summed E-state index contributed by atoms with van der Waals surface area (Å²) in [5, 5.41) is 0. The molecule has 0 atom stereocenters. The molecule has 0 aliphatic carbocycles. The second kappa shape index (κ2) is 4.41. The van der Waals surface area contributed by atoms with E-state index in [0.717, 1.165) is 5.56 Å². The van der Waals surface area contributed by atoms with Crippen molar-refractivity contribution in [3.05, 3.63) is 29.8 Å². The molecular formula is C8H13N3O2S. The molecule has 0 heterocycles. The van der Waals surface area contributed by atoms with E-state index in [1.165, 1.54) is 7.05 Å². The second-order valence-corrected chi connectivity index (χ2v) is 4.33. The predicted octanol–water partition coefficient (Wildman–Crippen LogP) is 0.0214. The van der Waals surface area contributed by atoms with Gasteiger partial charge in [0.1, 0.15) is 0 Å². The van der Waals surface area contributed by atoms with Gasteiger partial charge in [0.25, 0.3) is 10.2 Å². The van der Waals surface area contributed by atoms with Gasteiger partial charge in [0, 0.05) is 13.6 Å². The fourth-order valence-electron chi connectivity index (χ4n) is 0.968. The van der Waals surface area contributed by atoms with Crippen molar-refractivity contribution >= 4 is 15.9 Å². The van der Waals surface area contributed by atoms with E-state index in [9.17, 15) is 8.42 Å². The molecule has 0 aromatic heterocycles. The molecule has 0 spiro atoms. The summed E-state index contributed by atoms with van der Waals surface area (Å²) in [6, 6.07) is 6.93. The van der Waals surface area contributed by atoms with Gasteiger partial charge in [0.05, 0.1) is 5.69 Å². The molecule has 4 N–H and O–H groups in total. The van der Waals surface area contributed by atoms with Crippen molar-refractivity contribution in [2.45, 2.75) is 6.54 Å².